The Balaban J connectivity index is 2.83. The van der Waals surface area contributed by atoms with Crippen molar-refractivity contribution < 1.29 is 19.5 Å². The Labute approximate surface area is 110 Å². The van der Waals surface area contributed by atoms with Crippen LogP contribution >= 0.6 is 0 Å². The molecule has 1 atom stereocenters. The standard InChI is InChI=1S/C13H16N2O4/c1-7(2)10(13(18)19)15-12(17)9-5-3-8(4-6-9)11(14)16/h3-7,10H,1-2H3,(H2,14,16)(H,15,17)(H,18,19). The summed E-state index contributed by atoms with van der Waals surface area (Å²) in [6.45, 7) is 3.41. The summed E-state index contributed by atoms with van der Waals surface area (Å²) in [6.07, 6.45) is 0. The summed E-state index contributed by atoms with van der Waals surface area (Å²) in [5, 5.41) is 11.4. The maximum Gasteiger partial charge on any atom is 0.326 e. The van der Waals surface area contributed by atoms with E-state index in [4.69, 9.17) is 10.8 Å². The lowest BCUT2D eigenvalue weighted by Crippen LogP contribution is -2.44. The monoisotopic (exact) mass is 264 g/mol. The number of benzene rings is 1. The van der Waals surface area contributed by atoms with Crippen LogP contribution in [0.4, 0.5) is 0 Å². The molecule has 0 saturated heterocycles. The molecule has 1 unspecified atom stereocenters. The number of amides is 2. The molecule has 2 amide bonds. The van der Waals surface area contributed by atoms with Crippen molar-refractivity contribution in [3.05, 3.63) is 35.4 Å². The first kappa shape index (κ1) is 14.7. The molecule has 1 aromatic rings. The van der Waals surface area contributed by atoms with Gasteiger partial charge in [0.25, 0.3) is 5.91 Å². The molecule has 102 valence electrons. The molecule has 6 heteroatoms. The molecule has 0 saturated carbocycles. The Kier molecular flexibility index (Phi) is 4.63. The molecule has 0 spiro atoms. The molecule has 1 rings (SSSR count). The number of primary amides is 1. The number of hydrogen-bond donors (Lipinski definition) is 3. The van der Waals surface area contributed by atoms with Gasteiger partial charge in [0.1, 0.15) is 6.04 Å². The average Bonchev–Trinajstić information content (AvgIpc) is 2.34. The van der Waals surface area contributed by atoms with Gasteiger partial charge in [0.15, 0.2) is 0 Å². The van der Waals surface area contributed by atoms with Crippen LogP contribution in [0.1, 0.15) is 34.6 Å². The highest BCUT2D eigenvalue weighted by atomic mass is 16.4. The van der Waals surface area contributed by atoms with E-state index in [0.717, 1.165) is 0 Å². The van der Waals surface area contributed by atoms with E-state index in [9.17, 15) is 14.4 Å². The van der Waals surface area contributed by atoms with Crippen LogP contribution in [0.5, 0.6) is 0 Å². The molecular weight excluding hydrogens is 248 g/mol. The second kappa shape index (κ2) is 5.99. The van der Waals surface area contributed by atoms with Gasteiger partial charge in [-0.15, -0.1) is 0 Å². The van der Waals surface area contributed by atoms with Crippen LogP contribution < -0.4 is 11.1 Å². The van der Waals surface area contributed by atoms with Gasteiger partial charge in [-0.25, -0.2) is 4.79 Å². The van der Waals surface area contributed by atoms with Gasteiger partial charge in [0, 0.05) is 11.1 Å². The molecule has 6 nitrogen and oxygen atoms in total. The lowest BCUT2D eigenvalue weighted by molar-refractivity contribution is -0.140. The van der Waals surface area contributed by atoms with Crippen LogP contribution in [-0.2, 0) is 4.79 Å². The number of carbonyl (C=O) groups is 3. The summed E-state index contributed by atoms with van der Waals surface area (Å²) in [4.78, 5) is 33.7. The average molecular weight is 264 g/mol. The first-order valence-corrected chi connectivity index (χ1v) is 5.76. The number of carboxylic acid groups (broad SMARTS) is 1. The van der Waals surface area contributed by atoms with Gasteiger partial charge in [-0.1, -0.05) is 13.8 Å². The Bertz CT molecular complexity index is 494. The predicted octanol–water partition coefficient (Wildman–Crippen LogP) is 0.624. The van der Waals surface area contributed by atoms with E-state index in [1.165, 1.54) is 24.3 Å². The van der Waals surface area contributed by atoms with Crippen molar-refractivity contribution in [2.45, 2.75) is 19.9 Å². The van der Waals surface area contributed by atoms with Gasteiger partial charge in [-0.05, 0) is 30.2 Å². The third kappa shape index (κ3) is 3.80. The van der Waals surface area contributed by atoms with Crippen molar-refractivity contribution in [3.8, 4) is 0 Å². The first-order chi connectivity index (χ1) is 8.82. The van der Waals surface area contributed by atoms with E-state index in [1.54, 1.807) is 13.8 Å². The van der Waals surface area contributed by atoms with E-state index < -0.39 is 23.8 Å². The fraction of sp³-hybridized carbons (Fsp3) is 0.308. The van der Waals surface area contributed by atoms with Crippen LogP contribution in [-0.4, -0.2) is 28.9 Å². The molecule has 0 aliphatic heterocycles. The summed E-state index contributed by atoms with van der Waals surface area (Å²) in [7, 11) is 0. The molecule has 4 N–H and O–H groups in total. The Morgan fingerprint density at radius 2 is 1.58 bits per heavy atom. The van der Waals surface area contributed by atoms with Gasteiger partial charge in [0.2, 0.25) is 5.91 Å². The molecular formula is C13H16N2O4. The van der Waals surface area contributed by atoms with E-state index in [-0.39, 0.29) is 17.0 Å². The molecule has 0 aromatic heterocycles. The van der Waals surface area contributed by atoms with Crippen LogP contribution in [0.15, 0.2) is 24.3 Å². The molecule has 1 aromatic carbocycles. The SMILES string of the molecule is CC(C)C(NC(=O)c1ccc(C(N)=O)cc1)C(=O)O. The van der Waals surface area contributed by atoms with Crippen molar-refractivity contribution in [1.82, 2.24) is 5.32 Å². The maximum absolute atomic E-state index is 11.9. The van der Waals surface area contributed by atoms with Gasteiger partial charge in [-0.2, -0.15) is 0 Å². The van der Waals surface area contributed by atoms with Crippen LogP contribution in [0.2, 0.25) is 0 Å². The minimum atomic E-state index is -1.09. The summed E-state index contributed by atoms with van der Waals surface area (Å²) in [6, 6.07) is 4.73. The van der Waals surface area contributed by atoms with Gasteiger partial charge >= 0.3 is 5.97 Å². The fourth-order valence-electron chi connectivity index (χ4n) is 1.52. The number of carboxylic acids is 1. The number of rotatable bonds is 5. The largest absolute Gasteiger partial charge is 0.480 e. The van der Waals surface area contributed by atoms with Gasteiger partial charge in [0.05, 0.1) is 0 Å². The van der Waals surface area contributed by atoms with Crippen LogP contribution in [0.3, 0.4) is 0 Å². The second-order valence-electron chi connectivity index (χ2n) is 4.47. The quantitative estimate of drug-likeness (QED) is 0.724. The summed E-state index contributed by atoms with van der Waals surface area (Å²) in [5.41, 5.74) is 5.65. The minimum Gasteiger partial charge on any atom is -0.480 e. The predicted molar refractivity (Wildman–Crippen MR) is 68.7 cm³/mol. The fourth-order valence-corrected chi connectivity index (χ4v) is 1.52. The number of aliphatic carboxylic acids is 1. The van der Waals surface area contributed by atoms with E-state index in [2.05, 4.69) is 5.32 Å². The molecule has 0 aliphatic rings. The summed E-state index contributed by atoms with van der Waals surface area (Å²) < 4.78 is 0. The van der Waals surface area contributed by atoms with Crippen LogP contribution in [0, 0.1) is 5.92 Å². The van der Waals surface area contributed by atoms with E-state index in [0.29, 0.717) is 0 Å². The molecule has 19 heavy (non-hydrogen) atoms. The zero-order chi connectivity index (χ0) is 14.6. The summed E-state index contributed by atoms with van der Waals surface area (Å²) >= 11 is 0. The number of carbonyl (C=O) groups excluding carboxylic acids is 2. The number of nitrogens with two attached hydrogens (primary N) is 1. The Hall–Kier alpha value is -2.37. The minimum absolute atomic E-state index is 0.230. The van der Waals surface area contributed by atoms with E-state index in [1.807, 2.05) is 0 Å². The highest BCUT2D eigenvalue weighted by molar-refractivity contribution is 5.98. The molecule has 0 fully saturated rings. The summed E-state index contributed by atoms with van der Waals surface area (Å²) in [5.74, 6) is -2.40. The zero-order valence-electron chi connectivity index (χ0n) is 10.7. The lowest BCUT2D eigenvalue weighted by Gasteiger charge is -2.17. The smallest absolute Gasteiger partial charge is 0.326 e. The van der Waals surface area contributed by atoms with Crippen molar-refractivity contribution in [2.75, 3.05) is 0 Å². The van der Waals surface area contributed by atoms with Gasteiger partial charge < -0.3 is 16.2 Å². The maximum atomic E-state index is 11.9. The Morgan fingerprint density at radius 1 is 1.11 bits per heavy atom. The third-order valence-electron chi connectivity index (χ3n) is 2.65. The molecule has 0 heterocycles. The first-order valence-electron chi connectivity index (χ1n) is 5.76. The van der Waals surface area contributed by atoms with Gasteiger partial charge in [-0.3, -0.25) is 9.59 Å². The van der Waals surface area contributed by atoms with Crippen molar-refractivity contribution in [2.24, 2.45) is 11.7 Å². The highest BCUT2D eigenvalue weighted by Crippen LogP contribution is 2.07. The van der Waals surface area contributed by atoms with Crippen LogP contribution in [0.25, 0.3) is 0 Å². The molecule has 0 radical (unpaired) electrons. The molecule has 0 bridgehead atoms. The second-order valence-corrected chi connectivity index (χ2v) is 4.47. The topological polar surface area (TPSA) is 109 Å². The zero-order valence-corrected chi connectivity index (χ0v) is 10.7. The normalized spacial score (nSPS) is 11.9. The third-order valence-corrected chi connectivity index (χ3v) is 2.65. The number of nitrogens with one attached hydrogen (secondary N) is 1. The molecule has 0 aliphatic carbocycles. The van der Waals surface area contributed by atoms with E-state index >= 15 is 0 Å². The van der Waals surface area contributed by atoms with Crippen molar-refractivity contribution in [3.63, 3.8) is 0 Å². The van der Waals surface area contributed by atoms with Crippen molar-refractivity contribution in [1.29, 1.82) is 0 Å². The van der Waals surface area contributed by atoms with Crippen molar-refractivity contribution >= 4 is 17.8 Å². The highest BCUT2D eigenvalue weighted by Gasteiger charge is 2.23. The lowest BCUT2D eigenvalue weighted by atomic mass is 10.0. The number of hydrogen-bond acceptors (Lipinski definition) is 3. The Morgan fingerprint density at radius 3 is 1.95 bits per heavy atom.